The predicted octanol–water partition coefficient (Wildman–Crippen LogP) is 2.16. The first-order chi connectivity index (χ1) is 11.0. The first-order valence-corrected chi connectivity index (χ1v) is 9.45. The lowest BCUT2D eigenvalue weighted by Crippen LogP contribution is -2.39. The van der Waals surface area contributed by atoms with Gasteiger partial charge in [0.1, 0.15) is 4.90 Å². The molecule has 0 unspecified atom stereocenters. The minimum absolute atomic E-state index is 0.180. The zero-order valence-corrected chi connectivity index (χ0v) is 14.6. The molecule has 3 heterocycles. The third-order valence-electron chi connectivity index (χ3n) is 4.60. The third kappa shape index (κ3) is 2.70. The van der Waals surface area contributed by atoms with Gasteiger partial charge in [-0.05, 0) is 39.2 Å². The average Bonchev–Trinajstić information content (AvgIpc) is 3.13. The fourth-order valence-electron chi connectivity index (χ4n) is 3.30. The Bertz CT molecular complexity index is 793. The van der Waals surface area contributed by atoms with Crippen molar-refractivity contribution in [2.45, 2.75) is 57.5 Å². The number of aromatic amines is 1. The Morgan fingerprint density at radius 3 is 2.70 bits per heavy atom. The molecule has 0 saturated carbocycles. The van der Waals surface area contributed by atoms with Crippen molar-refractivity contribution in [2.24, 2.45) is 0 Å². The first kappa shape index (κ1) is 16.2. The summed E-state index contributed by atoms with van der Waals surface area (Å²) in [6.45, 7) is 6.91. The van der Waals surface area contributed by atoms with Crippen molar-refractivity contribution in [2.75, 3.05) is 6.54 Å². The van der Waals surface area contributed by atoms with Gasteiger partial charge >= 0.3 is 0 Å². The summed E-state index contributed by atoms with van der Waals surface area (Å²) >= 11 is 0. The Balaban J connectivity index is 2.02. The smallest absolute Gasteiger partial charge is 0.247 e. The van der Waals surface area contributed by atoms with E-state index in [2.05, 4.69) is 15.3 Å². The molecule has 1 aliphatic rings. The third-order valence-corrected chi connectivity index (χ3v) is 6.61. The van der Waals surface area contributed by atoms with E-state index in [0.29, 0.717) is 23.7 Å². The van der Waals surface area contributed by atoms with Crippen LogP contribution in [0.3, 0.4) is 0 Å². The lowest BCUT2D eigenvalue weighted by molar-refractivity contribution is 0.250. The van der Waals surface area contributed by atoms with Gasteiger partial charge in [0, 0.05) is 13.1 Å². The summed E-state index contributed by atoms with van der Waals surface area (Å²) in [5.74, 6) is 0. The number of H-pyrrole nitrogens is 1. The molecular weight excluding hydrogens is 314 g/mol. The maximum absolute atomic E-state index is 13.2. The number of aryl methyl sites for hydroxylation is 2. The van der Waals surface area contributed by atoms with Gasteiger partial charge in [-0.2, -0.15) is 14.5 Å². The molecule has 0 radical (unpaired) electrons. The number of piperidine rings is 1. The normalized spacial score (nSPS) is 20.0. The Kier molecular flexibility index (Phi) is 4.29. The number of nitrogens with one attached hydrogen (secondary N) is 1. The largest absolute Gasteiger partial charge is 0.281 e. The maximum atomic E-state index is 13.2. The zero-order chi connectivity index (χ0) is 16.6. The Labute approximate surface area is 136 Å². The fraction of sp³-hybridized carbons (Fsp3) is 0.600. The number of aromatic nitrogens is 4. The topological polar surface area (TPSA) is 83.9 Å². The standard InChI is InChI=1S/C15H23N5O2S/c1-4-19-12(3)14(10-17-19)23(21,22)20-8-6-5-7-13(20)15-11(2)9-16-18-15/h9-10,13H,4-8H2,1-3H3,(H,16,18)/t13-/m1/s1. The number of hydrogen-bond donors (Lipinski definition) is 1. The van der Waals surface area contributed by atoms with Crippen molar-refractivity contribution in [1.29, 1.82) is 0 Å². The molecule has 7 nitrogen and oxygen atoms in total. The molecule has 1 N–H and O–H groups in total. The molecule has 1 atom stereocenters. The van der Waals surface area contributed by atoms with Gasteiger partial charge in [-0.3, -0.25) is 9.78 Å². The minimum Gasteiger partial charge on any atom is -0.281 e. The highest BCUT2D eigenvalue weighted by Crippen LogP contribution is 2.36. The van der Waals surface area contributed by atoms with Crippen LogP contribution in [0.25, 0.3) is 0 Å². The Hall–Kier alpha value is -1.67. The van der Waals surface area contributed by atoms with Gasteiger partial charge in [-0.1, -0.05) is 6.42 Å². The second kappa shape index (κ2) is 6.09. The maximum Gasteiger partial charge on any atom is 0.247 e. The number of hydrogen-bond acceptors (Lipinski definition) is 4. The van der Waals surface area contributed by atoms with Gasteiger partial charge in [0.15, 0.2) is 0 Å². The van der Waals surface area contributed by atoms with Gasteiger partial charge in [0.05, 0.1) is 29.8 Å². The number of sulfonamides is 1. The second-order valence-corrected chi connectivity index (χ2v) is 7.86. The number of rotatable bonds is 4. The van der Waals surface area contributed by atoms with Gasteiger partial charge < -0.3 is 0 Å². The first-order valence-electron chi connectivity index (χ1n) is 8.01. The van der Waals surface area contributed by atoms with Gasteiger partial charge in [0.2, 0.25) is 10.0 Å². The van der Waals surface area contributed by atoms with Crippen molar-refractivity contribution < 1.29 is 8.42 Å². The van der Waals surface area contributed by atoms with E-state index in [9.17, 15) is 8.42 Å². The van der Waals surface area contributed by atoms with E-state index in [4.69, 9.17) is 0 Å². The SMILES string of the molecule is CCn1ncc(S(=O)(=O)N2CCCC[C@@H]2c2[nH]ncc2C)c1C. The summed E-state index contributed by atoms with van der Waals surface area (Å²) in [6, 6.07) is -0.180. The second-order valence-electron chi connectivity index (χ2n) is 6.00. The van der Waals surface area contributed by atoms with Crippen LogP contribution in [0.2, 0.25) is 0 Å². The lowest BCUT2D eigenvalue weighted by atomic mass is 10.00. The van der Waals surface area contributed by atoms with Crippen molar-refractivity contribution in [1.82, 2.24) is 24.3 Å². The van der Waals surface area contributed by atoms with Crippen LogP contribution in [0.4, 0.5) is 0 Å². The summed E-state index contributed by atoms with van der Waals surface area (Å²) in [5, 5.41) is 11.2. The average molecular weight is 337 g/mol. The summed E-state index contributed by atoms with van der Waals surface area (Å²) in [6.07, 6.45) is 5.92. The van der Waals surface area contributed by atoms with Gasteiger partial charge in [0.25, 0.3) is 0 Å². The van der Waals surface area contributed by atoms with Crippen LogP contribution < -0.4 is 0 Å². The van der Waals surface area contributed by atoms with Crippen LogP contribution in [0.15, 0.2) is 17.3 Å². The van der Waals surface area contributed by atoms with Crippen LogP contribution in [0.1, 0.15) is 49.2 Å². The molecule has 1 saturated heterocycles. The summed E-state index contributed by atoms with van der Waals surface area (Å²) in [5.41, 5.74) is 2.59. The van der Waals surface area contributed by atoms with E-state index in [1.54, 1.807) is 15.2 Å². The van der Waals surface area contributed by atoms with Gasteiger partial charge in [-0.15, -0.1) is 0 Å². The molecule has 0 spiro atoms. The molecule has 2 aromatic heterocycles. The van der Waals surface area contributed by atoms with E-state index in [1.807, 2.05) is 20.8 Å². The van der Waals surface area contributed by atoms with E-state index < -0.39 is 10.0 Å². The van der Waals surface area contributed by atoms with E-state index in [-0.39, 0.29) is 6.04 Å². The molecule has 0 amide bonds. The molecule has 1 aliphatic heterocycles. The minimum atomic E-state index is -3.57. The molecule has 0 aliphatic carbocycles. The van der Waals surface area contributed by atoms with E-state index in [1.165, 1.54) is 6.20 Å². The lowest BCUT2D eigenvalue weighted by Gasteiger charge is -2.34. The molecular formula is C15H23N5O2S. The van der Waals surface area contributed by atoms with Crippen LogP contribution >= 0.6 is 0 Å². The monoisotopic (exact) mass is 337 g/mol. The van der Waals surface area contributed by atoms with Crippen LogP contribution in [0, 0.1) is 13.8 Å². The molecule has 126 valence electrons. The zero-order valence-electron chi connectivity index (χ0n) is 13.8. The van der Waals surface area contributed by atoms with Crippen molar-refractivity contribution in [3.8, 4) is 0 Å². The molecule has 2 aromatic rings. The summed E-state index contributed by atoms with van der Waals surface area (Å²) in [4.78, 5) is 0.309. The van der Waals surface area contributed by atoms with E-state index >= 15 is 0 Å². The van der Waals surface area contributed by atoms with Crippen LogP contribution in [-0.4, -0.2) is 39.2 Å². The van der Waals surface area contributed by atoms with Crippen LogP contribution in [-0.2, 0) is 16.6 Å². The molecule has 3 rings (SSSR count). The molecule has 23 heavy (non-hydrogen) atoms. The summed E-state index contributed by atoms with van der Waals surface area (Å²) in [7, 11) is -3.57. The van der Waals surface area contributed by atoms with Crippen molar-refractivity contribution in [3.05, 3.63) is 29.3 Å². The van der Waals surface area contributed by atoms with Crippen molar-refractivity contribution in [3.63, 3.8) is 0 Å². The molecule has 0 aromatic carbocycles. The predicted molar refractivity (Wildman–Crippen MR) is 86.4 cm³/mol. The Morgan fingerprint density at radius 2 is 2.09 bits per heavy atom. The van der Waals surface area contributed by atoms with Gasteiger partial charge in [-0.25, -0.2) is 8.42 Å². The Morgan fingerprint density at radius 1 is 1.30 bits per heavy atom. The van der Waals surface area contributed by atoms with Crippen molar-refractivity contribution >= 4 is 10.0 Å². The van der Waals surface area contributed by atoms with E-state index in [0.717, 1.165) is 30.5 Å². The highest BCUT2D eigenvalue weighted by Gasteiger charge is 2.37. The molecule has 8 heteroatoms. The highest BCUT2D eigenvalue weighted by molar-refractivity contribution is 7.89. The molecule has 1 fully saturated rings. The summed E-state index contributed by atoms with van der Waals surface area (Å²) < 4.78 is 29.7. The fourth-order valence-corrected chi connectivity index (χ4v) is 5.13. The number of nitrogens with zero attached hydrogens (tertiary/aromatic N) is 4. The van der Waals surface area contributed by atoms with Crippen LogP contribution in [0.5, 0.6) is 0 Å². The quantitative estimate of drug-likeness (QED) is 0.926. The molecule has 0 bridgehead atoms. The highest BCUT2D eigenvalue weighted by atomic mass is 32.2.